The van der Waals surface area contributed by atoms with E-state index in [2.05, 4.69) is 20.9 Å². The van der Waals surface area contributed by atoms with E-state index >= 15 is 0 Å². The highest BCUT2D eigenvalue weighted by atomic mass is 19.1. The number of hydrogen-bond donors (Lipinski definition) is 0. The van der Waals surface area contributed by atoms with Crippen LogP contribution in [0.4, 0.5) is 10.1 Å². The van der Waals surface area contributed by atoms with Crippen molar-refractivity contribution in [3.63, 3.8) is 0 Å². The second-order valence-corrected chi connectivity index (χ2v) is 9.56. The van der Waals surface area contributed by atoms with Crippen LogP contribution < -0.4 is 9.64 Å². The van der Waals surface area contributed by atoms with Crippen molar-refractivity contribution in [3.8, 4) is 5.75 Å². The lowest BCUT2D eigenvalue weighted by Gasteiger charge is -2.42. The summed E-state index contributed by atoms with van der Waals surface area (Å²) < 4.78 is 25.6. The molecule has 0 spiro atoms. The third-order valence-electron chi connectivity index (χ3n) is 7.77. The van der Waals surface area contributed by atoms with Crippen molar-refractivity contribution in [2.75, 3.05) is 38.2 Å². The predicted molar refractivity (Wildman–Crippen MR) is 133 cm³/mol. The Hall–Kier alpha value is -3.12. The largest absolute Gasteiger partial charge is 0.493 e. The molecule has 3 heterocycles. The maximum Gasteiger partial charge on any atom is 0.175 e. The van der Waals surface area contributed by atoms with Crippen LogP contribution in [0.3, 0.4) is 0 Å². The van der Waals surface area contributed by atoms with Crippen molar-refractivity contribution >= 4 is 27.6 Å². The van der Waals surface area contributed by atoms with Gasteiger partial charge in [-0.05, 0) is 55.9 Å². The average Bonchev–Trinajstić information content (AvgIpc) is 3.33. The Labute approximate surface area is 199 Å². The minimum Gasteiger partial charge on any atom is -0.493 e. The molecule has 2 fully saturated rings. The van der Waals surface area contributed by atoms with E-state index in [0.717, 1.165) is 54.1 Å². The molecule has 1 saturated heterocycles. The lowest BCUT2D eigenvalue weighted by atomic mass is 9.81. The van der Waals surface area contributed by atoms with Gasteiger partial charge in [-0.15, -0.1) is 0 Å². The molecule has 0 atom stereocenters. The van der Waals surface area contributed by atoms with Gasteiger partial charge in [0.2, 0.25) is 0 Å². The molecular formula is C28H30FN3O2. The Morgan fingerprint density at radius 2 is 1.82 bits per heavy atom. The predicted octanol–water partition coefficient (Wildman–Crippen LogP) is 5.98. The van der Waals surface area contributed by atoms with Gasteiger partial charge in [0.1, 0.15) is 5.82 Å². The first-order valence-corrected chi connectivity index (χ1v) is 12.3. The summed E-state index contributed by atoms with van der Waals surface area (Å²) in [6.45, 7) is 3.82. The van der Waals surface area contributed by atoms with Gasteiger partial charge in [-0.3, -0.25) is 9.88 Å². The topological polar surface area (TPSA) is 41.7 Å². The normalized spacial score (nSPS) is 21.9. The van der Waals surface area contributed by atoms with Gasteiger partial charge in [0.05, 0.1) is 24.6 Å². The molecular weight excluding hydrogens is 429 g/mol. The second kappa shape index (κ2) is 8.91. The number of benzene rings is 2. The summed E-state index contributed by atoms with van der Waals surface area (Å²) in [4.78, 5) is 9.47. The zero-order chi connectivity index (χ0) is 23.1. The minimum absolute atomic E-state index is 0.194. The van der Waals surface area contributed by atoms with E-state index in [0.29, 0.717) is 12.0 Å². The number of fused-ring (bicyclic) bond motifs is 2. The van der Waals surface area contributed by atoms with Gasteiger partial charge in [-0.2, -0.15) is 0 Å². The van der Waals surface area contributed by atoms with Crippen LogP contribution in [0, 0.1) is 5.82 Å². The van der Waals surface area contributed by atoms with Crippen molar-refractivity contribution < 1.29 is 13.5 Å². The summed E-state index contributed by atoms with van der Waals surface area (Å²) in [7, 11) is 1.69. The van der Waals surface area contributed by atoms with E-state index in [1.54, 1.807) is 25.4 Å². The summed E-state index contributed by atoms with van der Waals surface area (Å²) in [6.07, 6.45) is 8.48. The molecule has 176 valence electrons. The molecule has 0 N–H and O–H groups in total. The lowest BCUT2D eigenvalue weighted by molar-refractivity contribution is 0.141. The summed E-state index contributed by atoms with van der Waals surface area (Å²) >= 11 is 0. The molecule has 2 aliphatic rings. The van der Waals surface area contributed by atoms with Crippen LogP contribution in [-0.4, -0.2) is 49.2 Å². The third kappa shape index (κ3) is 3.80. The van der Waals surface area contributed by atoms with Crippen LogP contribution >= 0.6 is 0 Å². The number of pyridine rings is 1. The van der Waals surface area contributed by atoms with Gasteiger partial charge in [-0.1, -0.05) is 18.2 Å². The van der Waals surface area contributed by atoms with Crippen LogP contribution in [0.1, 0.15) is 37.2 Å². The highest BCUT2D eigenvalue weighted by Gasteiger charge is 2.31. The first-order valence-electron chi connectivity index (χ1n) is 12.3. The quantitative estimate of drug-likeness (QED) is 0.376. The minimum atomic E-state index is -0.194. The van der Waals surface area contributed by atoms with Gasteiger partial charge < -0.3 is 14.1 Å². The van der Waals surface area contributed by atoms with Crippen molar-refractivity contribution in [1.29, 1.82) is 0 Å². The number of furan rings is 1. The summed E-state index contributed by atoms with van der Waals surface area (Å²) in [6, 6.07) is 13.8. The Morgan fingerprint density at radius 1 is 1.00 bits per heavy atom. The van der Waals surface area contributed by atoms with E-state index < -0.39 is 0 Å². The van der Waals surface area contributed by atoms with Crippen molar-refractivity contribution in [2.45, 2.75) is 37.6 Å². The molecule has 5 nitrogen and oxygen atoms in total. The molecule has 4 aromatic rings. The van der Waals surface area contributed by atoms with Gasteiger partial charge >= 0.3 is 0 Å². The number of nitrogens with zero attached hydrogens (tertiary/aromatic N) is 3. The highest BCUT2D eigenvalue weighted by Crippen LogP contribution is 2.41. The monoisotopic (exact) mass is 459 g/mol. The number of para-hydroxylation sites is 1. The standard InChI is InChI=1S/C28H30FN3O2/c1-33-26-6-2-5-23-24(18-34-28(23)26)19-7-9-22(10-8-19)31-12-14-32(15-13-31)25-17-21(29)16-20-4-3-11-30-27(20)25/h2-6,11,16-19,22H,7-10,12-15H2,1H3/t19-,22+. The number of anilines is 1. The number of ether oxygens (including phenoxy) is 1. The molecule has 6 heteroatoms. The van der Waals surface area contributed by atoms with Crippen LogP contribution in [-0.2, 0) is 0 Å². The fourth-order valence-corrected chi connectivity index (χ4v) is 5.99. The smallest absolute Gasteiger partial charge is 0.175 e. The van der Waals surface area contributed by atoms with E-state index in [1.165, 1.54) is 36.6 Å². The molecule has 1 aliphatic carbocycles. The van der Waals surface area contributed by atoms with Crippen molar-refractivity contribution in [1.82, 2.24) is 9.88 Å². The molecule has 0 unspecified atom stereocenters. The number of halogens is 1. The number of hydrogen-bond acceptors (Lipinski definition) is 5. The molecule has 1 saturated carbocycles. The molecule has 0 radical (unpaired) electrons. The van der Waals surface area contributed by atoms with Crippen molar-refractivity contribution in [2.24, 2.45) is 0 Å². The first-order chi connectivity index (χ1) is 16.7. The molecule has 0 bridgehead atoms. The SMILES string of the molecule is COc1cccc2c1occ2[C@H]1CC[C@@H](N2CCN(c3cc(F)cc4cccnc34)CC2)CC1. The zero-order valence-corrected chi connectivity index (χ0v) is 19.5. The van der Waals surface area contributed by atoms with E-state index in [-0.39, 0.29) is 5.82 Å². The van der Waals surface area contributed by atoms with Gasteiger partial charge in [0.15, 0.2) is 11.3 Å². The summed E-state index contributed by atoms with van der Waals surface area (Å²) in [5.41, 5.74) is 3.99. The van der Waals surface area contributed by atoms with Crippen LogP contribution in [0.5, 0.6) is 5.75 Å². The zero-order valence-electron chi connectivity index (χ0n) is 19.5. The Balaban J connectivity index is 1.10. The molecule has 1 aliphatic heterocycles. The maximum absolute atomic E-state index is 14.2. The first kappa shape index (κ1) is 21.4. The highest BCUT2D eigenvalue weighted by molar-refractivity contribution is 5.91. The molecule has 6 rings (SSSR count). The fourth-order valence-electron chi connectivity index (χ4n) is 5.99. The molecule has 2 aromatic carbocycles. The van der Waals surface area contributed by atoms with E-state index in [9.17, 15) is 4.39 Å². The number of aromatic nitrogens is 1. The molecule has 0 amide bonds. The van der Waals surface area contributed by atoms with E-state index in [1.807, 2.05) is 30.5 Å². The average molecular weight is 460 g/mol. The van der Waals surface area contributed by atoms with Crippen LogP contribution in [0.2, 0.25) is 0 Å². The Morgan fingerprint density at radius 3 is 2.62 bits per heavy atom. The van der Waals surface area contributed by atoms with Gasteiger partial charge in [-0.25, -0.2) is 4.39 Å². The Kier molecular flexibility index (Phi) is 5.61. The Bertz CT molecular complexity index is 1300. The fraction of sp³-hybridized carbons (Fsp3) is 0.393. The number of methoxy groups -OCH3 is 1. The number of rotatable bonds is 4. The molecule has 2 aromatic heterocycles. The van der Waals surface area contributed by atoms with Crippen LogP contribution in [0.25, 0.3) is 21.9 Å². The second-order valence-electron chi connectivity index (χ2n) is 9.56. The van der Waals surface area contributed by atoms with Gasteiger partial charge in [0, 0.05) is 54.8 Å². The summed E-state index contributed by atoms with van der Waals surface area (Å²) in [5.74, 6) is 1.15. The van der Waals surface area contributed by atoms with Gasteiger partial charge in [0.25, 0.3) is 0 Å². The van der Waals surface area contributed by atoms with E-state index in [4.69, 9.17) is 9.15 Å². The maximum atomic E-state index is 14.2. The lowest BCUT2D eigenvalue weighted by Crippen LogP contribution is -2.51. The summed E-state index contributed by atoms with van der Waals surface area (Å²) in [5, 5.41) is 2.05. The van der Waals surface area contributed by atoms with Crippen LogP contribution in [0.15, 0.2) is 59.3 Å². The third-order valence-corrected chi connectivity index (χ3v) is 7.77. The van der Waals surface area contributed by atoms with Crippen molar-refractivity contribution in [3.05, 3.63) is 66.3 Å². The molecule has 34 heavy (non-hydrogen) atoms. The number of piperazine rings is 1.